The van der Waals surface area contributed by atoms with Gasteiger partial charge in [-0.3, -0.25) is 4.79 Å². The third kappa shape index (κ3) is 3.16. The first-order chi connectivity index (χ1) is 6.65. The molecular weight excluding hydrogens is 192 g/mol. The van der Waals surface area contributed by atoms with E-state index in [0.29, 0.717) is 11.0 Å². The molecule has 0 fully saturated rings. The van der Waals surface area contributed by atoms with Crippen molar-refractivity contribution in [2.75, 3.05) is 5.75 Å². The Morgan fingerprint density at radius 1 is 1.71 bits per heavy atom. The predicted molar refractivity (Wildman–Crippen MR) is 63.4 cm³/mol. The second-order valence-corrected chi connectivity index (χ2v) is 5.39. The molecule has 0 saturated heterocycles. The number of rotatable bonds is 3. The van der Waals surface area contributed by atoms with Crippen molar-refractivity contribution in [3.63, 3.8) is 0 Å². The molecule has 0 heterocycles. The van der Waals surface area contributed by atoms with Gasteiger partial charge in [0.25, 0.3) is 0 Å². The summed E-state index contributed by atoms with van der Waals surface area (Å²) in [7, 11) is 0. The van der Waals surface area contributed by atoms with E-state index >= 15 is 0 Å². The highest BCUT2D eigenvalue weighted by molar-refractivity contribution is 8.13. The van der Waals surface area contributed by atoms with Crippen molar-refractivity contribution in [2.45, 2.75) is 40.0 Å². The highest BCUT2D eigenvalue weighted by Gasteiger charge is 2.24. The van der Waals surface area contributed by atoms with Crippen molar-refractivity contribution in [1.82, 2.24) is 0 Å². The Hall–Kier alpha value is -0.240. The van der Waals surface area contributed by atoms with Crippen LogP contribution in [0.25, 0.3) is 0 Å². The van der Waals surface area contributed by atoms with Gasteiger partial charge in [0, 0.05) is 5.92 Å². The van der Waals surface area contributed by atoms with Crippen molar-refractivity contribution < 1.29 is 4.79 Å². The van der Waals surface area contributed by atoms with Gasteiger partial charge < -0.3 is 0 Å². The number of hydrogen-bond acceptors (Lipinski definition) is 2. The summed E-state index contributed by atoms with van der Waals surface area (Å²) in [5.74, 6) is 1.74. The van der Waals surface area contributed by atoms with E-state index in [4.69, 9.17) is 0 Å². The Morgan fingerprint density at radius 3 is 2.93 bits per heavy atom. The Balaban J connectivity index is 2.45. The van der Waals surface area contributed by atoms with Crippen molar-refractivity contribution in [2.24, 2.45) is 11.8 Å². The van der Waals surface area contributed by atoms with Crippen molar-refractivity contribution in [3.05, 3.63) is 11.6 Å². The maximum Gasteiger partial charge on any atom is 0.192 e. The van der Waals surface area contributed by atoms with Crippen LogP contribution in [0.4, 0.5) is 0 Å². The second kappa shape index (κ2) is 5.59. The first kappa shape index (κ1) is 11.8. The Kier molecular flexibility index (Phi) is 4.73. The summed E-state index contributed by atoms with van der Waals surface area (Å²) in [4.78, 5) is 11.7. The molecular formula is C12H20OS. The molecule has 0 aromatic rings. The zero-order valence-electron chi connectivity index (χ0n) is 9.38. The molecule has 0 saturated carbocycles. The molecule has 1 rings (SSSR count). The second-order valence-electron chi connectivity index (χ2n) is 4.13. The van der Waals surface area contributed by atoms with Crippen LogP contribution < -0.4 is 0 Å². The maximum absolute atomic E-state index is 11.7. The minimum absolute atomic E-state index is 0.240. The summed E-state index contributed by atoms with van der Waals surface area (Å²) in [6.07, 6.45) is 5.77. The maximum atomic E-state index is 11.7. The third-order valence-corrected chi connectivity index (χ3v) is 3.99. The Bertz CT molecular complexity index is 232. The van der Waals surface area contributed by atoms with Gasteiger partial charge in [-0.2, -0.15) is 0 Å². The summed E-state index contributed by atoms with van der Waals surface area (Å²) in [5.41, 5.74) is 1.49. The average molecular weight is 212 g/mol. The highest BCUT2D eigenvalue weighted by Crippen LogP contribution is 2.31. The number of thioether (sulfide) groups is 1. The summed E-state index contributed by atoms with van der Waals surface area (Å²) in [6, 6.07) is 0. The predicted octanol–water partition coefficient (Wildman–Crippen LogP) is 3.65. The molecule has 0 aromatic carbocycles. The normalized spacial score (nSPS) is 24.2. The van der Waals surface area contributed by atoms with Crippen molar-refractivity contribution >= 4 is 16.9 Å². The lowest BCUT2D eigenvalue weighted by Crippen LogP contribution is -2.20. The van der Waals surface area contributed by atoms with Crippen molar-refractivity contribution in [3.8, 4) is 0 Å². The molecule has 1 nitrogen and oxygen atoms in total. The largest absolute Gasteiger partial charge is 0.287 e. The van der Waals surface area contributed by atoms with Crippen LogP contribution in [0.3, 0.4) is 0 Å². The fourth-order valence-electron chi connectivity index (χ4n) is 1.91. The quantitative estimate of drug-likeness (QED) is 0.664. The van der Waals surface area contributed by atoms with E-state index in [-0.39, 0.29) is 5.92 Å². The number of allylic oxidation sites excluding steroid dienone is 2. The van der Waals surface area contributed by atoms with E-state index < -0.39 is 0 Å². The van der Waals surface area contributed by atoms with Crippen LogP contribution in [-0.2, 0) is 4.79 Å². The Morgan fingerprint density at radius 2 is 2.43 bits per heavy atom. The SMILES string of the molecule is CCSC(=O)C(C)C1CC=C(C)CC1. The molecule has 14 heavy (non-hydrogen) atoms. The molecule has 0 radical (unpaired) electrons. The molecule has 2 unspecified atom stereocenters. The first-order valence-corrected chi connectivity index (χ1v) is 6.46. The van der Waals surface area contributed by atoms with E-state index in [1.165, 1.54) is 30.2 Å². The molecule has 2 atom stereocenters. The standard InChI is InChI=1S/C12H20OS/c1-4-14-12(13)10(3)11-7-5-9(2)6-8-11/h5,10-11H,4,6-8H2,1-3H3. The molecule has 1 aliphatic carbocycles. The number of carbonyl (C=O) groups excluding carboxylic acids is 1. The zero-order chi connectivity index (χ0) is 10.6. The van der Waals surface area contributed by atoms with Crippen LogP contribution in [0, 0.1) is 11.8 Å². The molecule has 80 valence electrons. The van der Waals surface area contributed by atoms with Gasteiger partial charge in [-0.1, -0.05) is 37.3 Å². The summed E-state index contributed by atoms with van der Waals surface area (Å²) >= 11 is 1.47. The lowest BCUT2D eigenvalue weighted by Gasteiger charge is -2.25. The van der Waals surface area contributed by atoms with E-state index in [2.05, 4.69) is 19.9 Å². The highest BCUT2D eigenvalue weighted by atomic mass is 32.2. The van der Waals surface area contributed by atoms with Crippen LogP contribution in [0.2, 0.25) is 0 Å². The summed E-state index contributed by atoms with van der Waals surface area (Å²) < 4.78 is 0. The van der Waals surface area contributed by atoms with Gasteiger partial charge in [-0.15, -0.1) is 0 Å². The van der Waals surface area contributed by atoms with Crippen LogP contribution in [0.5, 0.6) is 0 Å². The van der Waals surface area contributed by atoms with Crippen LogP contribution in [-0.4, -0.2) is 10.9 Å². The van der Waals surface area contributed by atoms with Crippen LogP contribution >= 0.6 is 11.8 Å². The average Bonchev–Trinajstić information content (AvgIpc) is 2.18. The van der Waals surface area contributed by atoms with Gasteiger partial charge in [0.05, 0.1) is 0 Å². The lowest BCUT2D eigenvalue weighted by atomic mass is 9.82. The molecule has 0 bridgehead atoms. The fourth-order valence-corrected chi connectivity index (χ4v) is 2.65. The molecule has 0 N–H and O–H groups in total. The lowest BCUT2D eigenvalue weighted by molar-refractivity contribution is -0.115. The van der Waals surface area contributed by atoms with Crippen LogP contribution in [0.1, 0.15) is 40.0 Å². The van der Waals surface area contributed by atoms with Gasteiger partial charge in [-0.05, 0) is 37.9 Å². The third-order valence-electron chi connectivity index (χ3n) is 3.04. The van der Waals surface area contributed by atoms with Gasteiger partial charge in [0.1, 0.15) is 0 Å². The van der Waals surface area contributed by atoms with E-state index in [1.807, 2.05) is 6.92 Å². The van der Waals surface area contributed by atoms with Gasteiger partial charge in [-0.25, -0.2) is 0 Å². The van der Waals surface area contributed by atoms with E-state index in [1.54, 1.807) is 0 Å². The van der Waals surface area contributed by atoms with Gasteiger partial charge in [0.2, 0.25) is 0 Å². The van der Waals surface area contributed by atoms with Gasteiger partial charge in [0.15, 0.2) is 5.12 Å². The number of hydrogen-bond donors (Lipinski definition) is 0. The molecule has 0 aliphatic heterocycles. The van der Waals surface area contributed by atoms with Gasteiger partial charge >= 0.3 is 0 Å². The van der Waals surface area contributed by atoms with Crippen LogP contribution in [0.15, 0.2) is 11.6 Å². The molecule has 0 aromatic heterocycles. The summed E-state index contributed by atoms with van der Waals surface area (Å²) in [5, 5.41) is 0.380. The molecule has 0 spiro atoms. The number of carbonyl (C=O) groups is 1. The van der Waals surface area contributed by atoms with E-state index in [9.17, 15) is 4.79 Å². The summed E-state index contributed by atoms with van der Waals surface area (Å²) in [6.45, 7) is 6.31. The smallest absolute Gasteiger partial charge is 0.192 e. The monoisotopic (exact) mass is 212 g/mol. The van der Waals surface area contributed by atoms with Crippen molar-refractivity contribution in [1.29, 1.82) is 0 Å². The minimum atomic E-state index is 0.240. The first-order valence-electron chi connectivity index (χ1n) is 5.47. The topological polar surface area (TPSA) is 17.1 Å². The van der Waals surface area contributed by atoms with E-state index in [0.717, 1.165) is 12.2 Å². The fraction of sp³-hybridized carbons (Fsp3) is 0.750. The Labute approximate surface area is 91.3 Å². The molecule has 0 amide bonds. The molecule has 1 aliphatic rings. The molecule has 2 heteroatoms. The zero-order valence-corrected chi connectivity index (χ0v) is 10.2. The minimum Gasteiger partial charge on any atom is -0.287 e.